The highest BCUT2D eigenvalue weighted by atomic mass is 16.4. The first-order chi connectivity index (χ1) is 7.27. The summed E-state index contributed by atoms with van der Waals surface area (Å²) in [4.78, 5) is 18.7. The molecule has 1 aromatic carbocycles. The molecule has 76 valence electrons. The lowest BCUT2D eigenvalue weighted by Gasteiger charge is -2.02. The van der Waals surface area contributed by atoms with Gasteiger partial charge in [-0.1, -0.05) is 18.2 Å². The van der Waals surface area contributed by atoms with Crippen LogP contribution in [0.3, 0.4) is 0 Å². The number of rotatable bonds is 3. The van der Waals surface area contributed by atoms with E-state index >= 15 is 0 Å². The van der Waals surface area contributed by atoms with Crippen molar-refractivity contribution < 1.29 is 9.90 Å². The second-order valence-electron chi connectivity index (χ2n) is 3.23. The average molecular weight is 202 g/mol. The van der Waals surface area contributed by atoms with Gasteiger partial charge in [-0.25, -0.2) is 9.97 Å². The van der Waals surface area contributed by atoms with E-state index in [0.29, 0.717) is 6.42 Å². The van der Waals surface area contributed by atoms with Crippen molar-refractivity contribution in [3.8, 4) is 0 Å². The standard InChI is InChI=1S/C11H10N2O2/c14-11(15)6-5-10-8-3-1-2-4-9(8)12-7-13-10/h1-4,7H,5-6H2,(H,14,15). The number of para-hydroxylation sites is 1. The van der Waals surface area contributed by atoms with Gasteiger partial charge in [-0.15, -0.1) is 0 Å². The van der Waals surface area contributed by atoms with Crippen LogP contribution in [0.5, 0.6) is 0 Å². The summed E-state index contributed by atoms with van der Waals surface area (Å²) in [7, 11) is 0. The molecule has 1 N–H and O–H groups in total. The Morgan fingerprint density at radius 3 is 2.87 bits per heavy atom. The van der Waals surface area contributed by atoms with Crippen LogP contribution in [0.4, 0.5) is 0 Å². The van der Waals surface area contributed by atoms with Crippen LogP contribution in [-0.4, -0.2) is 21.0 Å². The Labute approximate surface area is 86.6 Å². The van der Waals surface area contributed by atoms with E-state index in [-0.39, 0.29) is 6.42 Å². The summed E-state index contributed by atoms with van der Waals surface area (Å²) in [5.41, 5.74) is 1.65. The fourth-order valence-corrected chi connectivity index (χ4v) is 1.49. The Hall–Kier alpha value is -1.97. The molecule has 0 saturated heterocycles. The second kappa shape index (κ2) is 4.04. The van der Waals surface area contributed by atoms with Crippen LogP contribution >= 0.6 is 0 Å². The lowest BCUT2D eigenvalue weighted by molar-refractivity contribution is -0.136. The zero-order valence-electron chi connectivity index (χ0n) is 8.05. The molecule has 2 rings (SSSR count). The third-order valence-electron chi connectivity index (χ3n) is 2.20. The number of aryl methyl sites for hydroxylation is 1. The molecule has 15 heavy (non-hydrogen) atoms. The maximum atomic E-state index is 10.5. The van der Waals surface area contributed by atoms with Gasteiger partial charge in [-0.3, -0.25) is 4.79 Å². The molecule has 0 aliphatic carbocycles. The van der Waals surface area contributed by atoms with Crippen LogP contribution in [0.2, 0.25) is 0 Å². The topological polar surface area (TPSA) is 63.1 Å². The quantitative estimate of drug-likeness (QED) is 0.821. The van der Waals surface area contributed by atoms with Gasteiger partial charge < -0.3 is 5.11 Å². The Kier molecular flexibility index (Phi) is 2.58. The minimum atomic E-state index is -0.808. The lowest BCUT2D eigenvalue weighted by Crippen LogP contribution is -2.00. The summed E-state index contributed by atoms with van der Waals surface area (Å²) in [6.45, 7) is 0. The second-order valence-corrected chi connectivity index (χ2v) is 3.23. The summed E-state index contributed by atoms with van der Waals surface area (Å²) in [6, 6.07) is 7.60. The highest BCUT2D eigenvalue weighted by Crippen LogP contribution is 2.14. The first kappa shape index (κ1) is 9.58. The molecular weight excluding hydrogens is 192 g/mol. The normalized spacial score (nSPS) is 10.4. The molecule has 0 aliphatic heterocycles. The van der Waals surface area contributed by atoms with Crippen molar-refractivity contribution >= 4 is 16.9 Å². The molecule has 0 saturated carbocycles. The van der Waals surface area contributed by atoms with Gasteiger partial charge in [0.1, 0.15) is 6.33 Å². The van der Waals surface area contributed by atoms with Gasteiger partial charge in [-0.2, -0.15) is 0 Å². The largest absolute Gasteiger partial charge is 0.481 e. The van der Waals surface area contributed by atoms with Crippen LogP contribution < -0.4 is 0 Å². The van der Waals surface area contributed by atoms with Crippen LogP contribution in [0.25, 0.3) is 10.9 Å². The van der Waals surface area contributed by atoms with E-state index in [1.165, 1.54) is 6.33 Å². The maximum absolute atomic E-state index is 10.5. The van der Waals surface area contributed by atoms with E-state index < -0.39 is 5.97 Å². The third-order valence-corrected chi connectivity index (χ3v) is 2.20. The highest BCUT2D eigenvalue weighted by molar-refractivity contribution is 5.81. The molecule has 1 heterocycles. The maximum Gasteiger partial charge on any atom is 0.303 e. The predicted octanol–water partition coefficient (Wildman–Crippen LogP) is 1.65. The monoisotopic (exact) mass is 202 g/mol. The molecule has 0 unspecified atom stereocenters. The number of fused-ring (bicyclic) bond motifs is 1. The van der Waals surface area contributed by atoms with Crippen LogP contribution in [0.1, 0.15) is 12.1 Å². The molecule has 4 heteroatoms. The molecular formula is C11H10N2O2. The first-order valence-corrected chi connectivity index (χ1v) is 4.68. The molecule has 0 bridgehead atoms. The number of hydrogen-bond acceptors (Lipinski definition) is 3. The zero-order valence-corrected chi connectivity index (χ0v) is 8.05. The minimum Gasteiger partial charge on any atom is -0.481 e. The van der Waals surface area contributed by atoms with Crippen molar-refractivity contribution in [2.45, 2.75) is 12.8 Å². The third kappa shape index (κ3) is 2.10. The van der Waals surface area contributed by atoms with Crippen LogP contribution in [-0.2, 0) is 11.2 Å². The van der Waals surface area contributed by atoms with Gasteiger partial charge in [0, 0.05) is 11.8 Å². The molecule has 1 aromatic heterocycles. The molecule has 0 atom stereocenters. The van der Waals surface area contributed by atoms with Crippen molar-refractivity contribution in [2.75, 3.05) is 0 Å². The van der Waals surface area contributed by atoms with E-state index in [1.54, 1.807) is 0 Å². The summed E-state index contributed by atoms with van der Waals surface area (Å²) in [5, 5.41) is 9.54. The summed E-state index contributed by atoms with van der Waals surface area (Å²) < 4.78 is 0. The smallest absolute Gasteiger partial charge is 0.303 e. The molecule has 0 spiro atoms. The Morgan fingerprint density at radius 1 is 1.27 bits per heavy atom. The number of carbonyl (C=O) groups is 1. The highest BCUT2D eigenvalue weighted by Gasteiger charge is 2.04. The molecule has 0 aliphatic rings. The Bertz CT molecular complexity index is 491. The zero-order chi connectivity index (χ0) is 10.7. The summed E-state index contributed by atoms with van der Waals surface area (Å²) in [6.07, 6.45) is 2.01. The van der Waals surface area contributed by atoms with Crippen molar-refractivity contribution in [1.82, 2.24) is 9.97 Å². The molecule has 0 radical (unpaired) electrons. The number of aliphatic carboxylic acids is 1. The van der Waals surface area contributed by atoms with Gasteiger partial charge in [0.25, 0.3) is 0 Å². The number of carboxylic acids is 1. The van der Waals surface area contributed by atoms with Gasteiger partial charge in [0.2, 0.25) is 0 Å². The number of nitrogens with zero attached hydrogens (tertiary/aromatic N) is 2. The van der Waals surface area contributed by atoms with Crippen LogP contribution in [0.15, 0.2) is 30.6 Å². The van der Waals surface area contributed by atoms with Gasteiger partial charge in [0.15, 0.2) is 0 Å². The summed E-state index contributed by atoms with van der Waals surface area (Å²) in [5.74, 6) is -0.808. The van der Waals surface area contributed by atoms with E-state index in [9.17, 15) is 4.79 Å². The van der Waals surface area contributed by atoms with E-state index in [2.05, 4.69) is 9.97 Å². The van der Waals surface area contributed by atoms with Crippen molar-refractivity contribution in [3.63, 3.8) is 0 Å². The minimum absolute atomic E-state index is 0.0982. The lowest BCUT2D eigenvalue weighted by atomic mass is 10.1. The molecule has 0 fully saturated rings. The molecule has 0 amide bonds. The Balaban J connectivity index is 2.38. The number of aromatic nitrogens is 2. The SMILES string of the molecule is O=C(O)CCc1ncnc2ccccc12. The molecule has 2 aromatic rings. The van der Waals surface area contributed by atoms with Crippen LogP contribution in [0, 0.1) is 0 Å². The van der Waals surface area contributed by atoms with E-state index in [0.717, 1.165) is 16.6 Å². The Morgan fingerprint density at radius 2 is 2.07 bits per heavy atom. The number of benzene rings is 1. The fourth-order valence-electron chi connectivity index (χ4n) is 1.49. The van der Waals surface area contributed by atoms with Crippen molar-refractivity contribution in [3.05, 3.63) is 36.3 Å². The van der Waals surface area contributed by atoms with Gasteiger partial charge >= 0.3 is 5.97 Å². The predicted molar refractivity (Wildman–Crippen MR) is 55.5 cm³/mol. The van der Waals surface area contributed by atoms with Gasteiger partial charge in [-0.05, 0) is 6.07 Å². The van der Waals surface area contributed by atoms with Gasteiger partial charge in [0.05, 0.1) is 17.6 Å². The van der Waals surface area contributed by atoms with Crippen molar-refractivity contribution in [2.24, 2.45) is 0 Å². The first-order valence-electron chi connectivity index (χ1n) is 4.68. The summed E-state index contributed by atoms with van der Waals surface area (Å²) >= 11 is 0. The number of carboxylic acid groups (broad SMARTS) is 1. The molecule has 4 nitrogen and oxygen atoms in total. The van der Waals surface area contributed by atoms with E-state index in [4.69, 9.17) is 5.11 Å². The average Bonchev–Trinajstić information content (AvgIpc) is 2.26. The fraction of sp³-hybridized carbons (Fsp3) is 0.182. The van der Waals surface area contributed by atoms with Crippen molar-refractivity contribution in [1.29, 1.82) is 0 Å². The van der Waals surface area contributed by atoms with E-state index in [1.807, 2.05) is 24.3 Å². The number of hydrogen-bond donors (Lipinski definition) is 1.